The van der Waals surface area contributed by atoms with Gasteiger partial charge in [0.1, 0.15) is 0 Å². The lowest BCUT2D eigenvalue weighted by atomic mass is 9.82. The summed E-state index contributed by atoms with van der Waals surface area (Å²) in [4.78, 5) is 43.3. The van der Waals surface area contributed by atoms with Gasteiger partial charge in [-0.1, -0.05) is 67.6 Å². The summed E-state index contributed by atoms with van der Waals surface area (Å²) < 4.78 is 0. The Hall–Kier alpha value is -4.60. The van der Waals surface area contributed by atoms with E-state index in [9.17, 15) is 24.6 Å². The number of carbonyl (C=O) groups is 3. The molecule has 1 saturated heterocycles. The number of anilines is 3. The van der Waals surface area contributed by atoms with Crippen LogP contribution in [0.2, 0.25) is 0 Å². The monoisotopic (exact) mass is 592 g/mol. The van der Waals surface area contributed by atoms with E-state index in [0.29, 0.717) is 35.6 Å². The number of benzene rings is 3. The molecule has 9 heteroatoms. The maximum Gasteiger partial charge on any atom is 0.268 e. The van der Waals surface area contributed by atoms with Gasteiger partial charge in [-0.05, 0) is 48.7 Å². The molecule has 44 heavy (non-hydrogen) atoms. The zero-order valence-corrected chi connectivity index (χ0v) is 24.7. The van der Waals surface area contributed by atoms with E-state index in [2.05, 4.69) is 5.10 Å². The van der Waals surface area contributed by atoms with Crippen molar-refractivity contribution in [2.75, 3.05) is 23.1 Å². The van der Waals surface area contributed by atoms with Gasteiger partial charge in [0.05, 0.1) is 29.7 Å². The highest BCUT2D eigenvalue weighted by atomic mass is 16.3. The lowest BCUT2D eigenvalue weighted by molar-refractivity contribution is -0.138. The van der Waals surface area contributed by atoms with Crippen LogP contribution in [-0.2, 0) is 20.0 Å². The summed E-state index contributed by atoms with van der Waals surface area (Å²) >= 11 is 0. The molecule has 0 unspecified atom stereocenters. The number of carbonyl (C=O) groups excluding carboxylic acids is 3. The first-order chi connectivity index (χ1) is 21.3. The van der Waals surface area contributed by atoms with Crippen LogP contribution in [0.4, 0.5) is 17.1 Å². The highest BCUT2D eigenvalue weighted by molar-refractivity contribution is 6.13. The van der Waals surface area contributed by atoms with E-state index < -0.39 is 17.4 Å². The van der Waals surface area contributed by atoms with Crippen LogP contribution in [0.3, 0.4) is 0 Å². The summed E-state index contributed by atoms with van der Waals surface area (Å²) in [6, 6.07) is 23.8. The van der Waals surface area contributed by atoms with Gasteiger partial charge < -0.3 is 15.1 Å². The van der Waals surface area contributed by atoms with E-state index in [1.165, 1.54) is 9.91 Å². The molecule has 2 N–H and O–H groups in total. The zero-order chi connectivity index (χ0) is 30.8. The number of aliphatic hydroxyl groups is 2. The number of amides is 3. The molecule has 3 amide bonds. The number of nitrogens with zero attached hydrogens (tertiary/aromatic N) is 4. The van der Waals surface area contributed by atoms with Crippen LogP contribution in [0, 0.1) is 5.92 Å². The van der Waals surface area contributed by atoms with E-state index in [4.69, 9.17) is 0 Å². The van der Waals surface area contributed by atoms with Gasteiger partial charge >= 0.3 is 0 Å². The molecule has 3 atom stereocenters. The third-order valence-corrected chi connectivity index (χ3v) is 8.84. The minimum atomic E-state index is -1.97. The van der Waals surface area contributed by atoms with E-state index in [0.717, 1.165) is 24.1 Å². The standard InChI is InChI=1S/C35H36N4O5/c1-24(10-8-16-32(41)37-21-9-15-28(37)23-40)35(44)29-22-27(17-19-31(29)38(34(35)43)26-13-6-3-7-14-26)39-33(42)20-18-30(36-39)25-11-4-2-5-12-25/h2-8,10-14,17,19,22,24,28,40,44H,9,15-16,18,20-21,23H2,1H3/b10-8+/t24-,28+,35+/m1/s1. The molecule has 0 bridgehead atoms. The average molecular weight is 593 g/mol. The fraction of sp³-hybridized carbons (Fsp3) is 0.314. The van der Waals surface area contributed by atoms with Gasteiger partial charge in [0.15, 0.2) is 5.60 Å². The molecule has 9 nitrogen and oxygen atoms in total. The second kappa shape index (κ2) is 12.2. The third-order valence-electron chi connectivity index (χ3n) is 8.84. The Labute approximate surface area is 256 Å². The number of likely N-dealkylation sites (tertiary alicyclic amines) is 1. The van der Waals surface area contributed by atoms with Crippen molar-refractivity contribution in [1.29, 1.82) is 0 Å². The zero-order valence-electron chi connectivity index (χ0n) is 24.7. The molecule has 1 fully saturated rings. The molecule has 0 radical (unpaired) electrons. The highest BCUT2D eigenvalue weighted by Crippen LogP contribution is 2.49. The first-order valence-electron chi connectivity index (χ1n) is 15.1. The Morgan fingerprint density at radius 2 is 1.75 bits per heavy atom. The second-order valence-corrected chi connectivity index (χ2v) is 11.5. The average Bonchev–Trinajstić information content (AvgIpc) is 3.63. The Kier molecular flexibility index (Phi) is 8.16. The van der Waals surface area contributed by atoms with Gasteiger partial charge in [-0.25, -0.2) is 5.01 Å². The van der Waals surface area contributed by atoms with Crippen molar-refractivity contribution in [2.45, 2.75) is 50.7 Å². The van der Waals surface area contributed by atoms with E-state index in [1.807, 2.05) is 48.5 Å². The number of hydrogen-bond acceptors (Lipinski definition) is 6. The molecule has 3 aliphatic heterocycles. The van der Waals surface area contributed by atoms with Crippen molar-refractivity contribution in [1.82, 2.24) is 4.90 Å². The van der Waals surface area contributed by atoms with E-state index in [-0.39, 0.29) is 37.3 Å². The number of hydrogen-bond donors (Lipinski definition) is 2. The Morgan fingerprint density at radius 3 is 2.48 bits per heavy atom. The van der Waals surface area contributed by atoms with Gasteiger partial charge in [0.25, 0.3) is 5.91 Å². The Morgan fingerprint density at radius 1 is 1.02 bits per heavy atom. The number of hydrazone groups is 1. The van der Waals surface area contributed by atoms with Crippen molar-refractivity contribution in [3.8, 4) is 0 Å². The van der Waals surface area contributed by atoms with E-state index >= 15 is 0 Å². The topological polar surface area (TPSA) is 114 Å². The first-order valence-corrected chi connectivity index (χ1v) is 15.1. The van der Waals surface area contributed by atoms with Gasteiger partial charge in [-0.3, -0.25) is 19.3 Å². The van der Waals surface area contributed by atoms with Crippen LogP contribution < -0.4 is 9.91 Å². The maximum absolute atomic E-state index is 14.1. The number of aliphatic hydroxyl groups excluding tert-OH is 1. The van der Waals surface area contributed by atoms with Gasteiger partial charge in [0, 0.05) is 43.0 Å². The van der Waals surface area contributed by atoms with Crippen LogP contribution in [0.1, 0.15) is 50.2 Å². The lowest BCUT2D eigenvalue weighted by Crippen LogP contribution is -2.43. The normalized spacial score (nSPS) is 22.5. The molecule has 0 aromatic heterocycles. The third kappa shape index (κ3) is 5.22. The smallest absolute Gasteiger partial charge is 0.268 e. The van der Waals surface area contributed by atoms with Crippen LogP contribution in [0.15, 0.2) is 96.1 Å². The highest BCUT2D eigenvalue weighted by Gasteiger charge is 2.53. The maximum atomic E-state index is 14.1. The number of rotatable bonds is 8. The molecule has 3 aliphatic rings. The number of para-hydroxylation sites is 1. The van der Waals surface area contributed by atoms with Gasteiger partial charge in [-0.15, -0.1) is 0 Å². The fourth-order valence-electron chi connectivity index (χ4n) is 6.40. The molecular weight excluding hydrogens is 556 g/mol. The molecular formula is C35H36N4O5. The van der Waals surface area contributed by atoms with Gasteiger partial charge in [-0.2, -0.15) is 5.10 Å². The number of fused-ring (bicyclic) bond motifs is 1. The molecule has 3 aromatic carbocycles. The minimum absolute atomic E-state index is 0.0645. The van der Waals surface area contributed by atoms with Gasteiger partial charge in [0.2, 0.25) is 11.8 Å². The fourth-order valence-corrected chi connectivity index (χ4v) is 6.40. The van der Waals surface area contributed by atoms with Crippen LogP contribution in [0.5, 0.6) is 0 Å². The molecule has 0 aliphatic carbocycles. The van der Waals surface area contributed by atoms with Crippen molar-refractivity contribution in [3.63, 3.8) is 0 Å². The SMILES string of the molecule is C[C@H](/C=C/CC(=O)N1CCC[C@H]1CO)[C@@]1(O)C(=O)N(c2ccccc2)c2ccc(N3N=C(c4ccccc4)CCC3=O)cc21. The summed E-state index contributed by atoms with van der Waals surface area (Å²) in [5.41, 5.74) is 1.69. The first kappa shape index (κ1) is 29.5. The van der Waals surface area contributed by atoms with Crippen LogP contribution >= 0.6 is 0 Å². The van der Waals surface area contributed by atoms with Crippen molar-refractivity contribution in [2.24, 2.45) is 11.0 Å². The molecule has 0 spiro atoms. The molecule has 3 heterocycles. The summed E-state index contributed by atoms with van der Waals surface area (Å²) in [6.07, 6.45) is 5.92. The predicted octanol–water partition coefficient (Wildman–Crippen LogP) is 4.65. The minimum Gasteiger partial charge on any atom is -0.394 e. The summed E-state index contributed by atoms with van der Waals surface area (Å²) in [5, 5.41) is 27.9. The van der Waals surface area contributed by atoms with Crippen LogP contribution in [-0.4, -0.2) is 57.7 Å². The largest absolute Gasteiger partial charge is 0.394 e. The van der Waals surface area contributed by atoms with Crippen molar-refractivity contribution < 1.29 is 24.6 Å². The van der Waals surface area contributed by atoms with E-state index in [1.54, 1.807) is 54.3 Å². The molecule has 3 aromatic rings. The Bertz CT molecular complexity index is 1620. The predicted molar refractivity (Wildman–Crippen MR) is 168 cm³/mol. The van der Waals surface area contributed by atoms with Crippen molar-refractivity contribution >= 4 is 40.5 Å². The summed E-state index contributed by atoms with van der Waals surface area (Å²) in [5.74, 6) is -1.50. The Balaban J connectivity index is 1.35. The van der Waals surface area contributed by atoms with Crippen molar-refractivity contribution in [3.05, 3.63) is 102 Å². The molecule has 0 saturated carbocycles. The molecule has 6 rings (SSSR count). The summed E-state index contributed by atoms with van der Waals surface area (Å²) in [7, 11) is 0. The van der Waals surface area contributed by atoms with Crippen LogP contribution in [0.25, 0.3) is 0 Å². The lowest BCUT2D eigenvalue weighted by Gasteiger charge is -2.29. The quantitative estimate of drug-likeness (QED) is 0.370. The second-order valence-electron chi connectivity index (χ2n) is 11.5. The molecule has 226 valence electrons. The summed E-state index contributed by atoms with van der Waals surface area (Å²) in [6.45, 7) is 2.29.